The third-order valence-electron chi connectivity index (χ3n) is 3.52. The molecule has 0 aliphatic carbocycles. The second-order valence-electron chi connectivity index (χ2n) is 4.98. The minimum atomic E-state index is -0.400. The normalized spacial score (nSPS) is 12.0. The number of hydrogen-bond acceptors (Lipinski definition) is 3. The first-order valence-corrected chi connectivity index (χ1v) is 6.78. The highest BCUT2D eigenvalue weighted by molar-refractivity contribution is 5.43. The summed E-state index contributed by atoms with van der Waals surface area (Å²) in [6.45, 7) is 1.74. The molecule has 21 heavy (non-hydrogen) atoms. The summed E-state index contributed by atoms with van der Waals surface area (Å²) in [6, 6.07) is 10.5. The van der Waals surface area contributed by atoms with Crippen LogP contribution in [0.4, 0.5) is 4.39 Å². The van der Waals surface area contributed by atoms with Crippen molar-refractivity contribution in [2.45, 2.75) is 19.4 Å². The monoisotopic (exact) mass is 289 g/mol. The Morgan fingerprint density at radius 1 is 1.10 bits per heavy atom. The average molecular weight is 289 g/mol. The fourth-order valence-corrected chi connectivity index (χ4v) is 2.33. The second kappa shape index (κ2) is 6.59. The van der Waals surface area contributed by atoms with Gasteiger partial charge in [0, 0.05) is 11.6 Å². The summed E-state index contributed by atoms with van der Waals surface area (Å²) in [5.74, 6) is 1.08. The molecular formula is C17H20FNO2. The highest BCUT2D eigenvalue weighted by Crippen LogP contribution is 2.29. The Labute approximate surface area is 124 Å². The van der Waals surface area contributed by atoms with Crippen molar-refractivity contribution in [2.75, 3.05) is 14.2 Å². The highest BCUT2D eigenvalue weighted by Gasteiger charge is 2.14. The maximum atomic E-state index is 14.1. The van der Waals surface area contributed by atoms with Crippen LogP contribution < -0.4 is 15.2 Å². The molecule has 0 fully saturated rings. The quantitative estimate of drug-likeness (QED) is 0.917. The van der Waals surface area contributed by atoms with Crippen LogP contribution in [0.25, 0.3) is 0 Å². The molecule has 4 heteroatoms. The number of halogens is 1. The molecular weight excluding hydrogens is 269 g/mol. The van der Waals surface area contributed by atoms with Crippen molar-refractivity contribution < 1.29 is 13.9 Å². The molecule has 2 aromatic carbocycles. The van der Waals surface area contributed by atoms with Gasteiger partial charge in [-0.1, -0.05) is 24.3 Å². The van der Waals surface area contributed by atoms with E-state index in [0.29, 0.717) is 29.0 Å². The Morgan fingerprint density at radius 3 is 2.48 bits per heavy atom. The molecule has 0 aromatic heterocycles. The minimum absolute atomic E-state index is 0.231. The number of rotatable bonds is 5. The lowest BCUT2D eigenvalue weighted by molar-refractivity contribution is 0.354. The summed E-state index contributed by atoms with van der Waals surface area (Å²) in [7, 11) is 3.17. The van der Waals surface area contributed by atoms with Crippen molar-refractivity contribution in [3.8, 4) is 11.5 Å². The molecule has 0 aliphatic rings. The molecule has 0 aliphatic heterocycles. The minimum Gasteiger partial charge on any atom is -0.493 e. The van der Waals surface area contributed by atoms with E-state index in [-0.39, 0.29) is 5.82 Å². The Kier molecular flexibility index (Phi) is 4.81. The van der Waals surface area contributed by atoms with Crippen LogP contribution in [0.5, 0.6) is 11.5 Å². The molecule has 0 amide bonds. The lowest BCUT2D eigenvalue weighted by atomic mass is 9.97. The van der Waals surface area contributed by atoms with E-state index >= 15 is 0 Å². The number of aryl methyl sites for hydroxylation is 1. The maximum Gasteiger partial charge on any atom is 0.160 e. The summed E-state index contributed by atoms with van der Waals surface area (Å²) >= 11 is 0. The van der Waals surface area contributed by atoms with Gasteiger partial charge in [0.1, 0.15) is 5.82 Å². The molecule has 2 aromatic rings. The molecule has 1 atom stereocenters. The van der Waals surface area contributed by atoms with Crippen LogP contribution in [0.3, 0.4) is 0 Å². The highest BCUT2D eigenvalue weighted by atomic mass is 19.1. The van der Waals surface area contributed by atoms with Crippen molar-refractivity contribution in [1.29, 1.82) is 0 Å². The molecule has 0 saturated heterocycles. The van der Waals surface area contributed by atoms with Gasteiger partial charge in [-0.05, 0) is 36.6 Å². The SMILES string of the molecule is COc1ccc(CC(N)c2cccc(C)c2F)cc1OC. The van der Waals surface area contributed by atoms with Crippen LogP contribution in [-0.2, 0) is 6.42 Å². The fourth-order valence-electron chi connectivity index (χ4n) is 2.33. The number of benzene rings is 2. The van der Waals surface area contributed by atoms with Crippen LogP contribution in [-0.4, -0.2) is 14.2 Å². The van der Waals surface area contributed by atoms with Crippen LogP contribution in [0.15, 0.2) is 36.4 Å². The Balaban J connectivity index is 2.23. The first-order chi connectivity index (χ1) is 10.1. The largest absolute Gasteiger partial charge is 0.493 e. The van der Waals surface area contributed by atoms with Crippen LogP contribution in [0.1, 0.15) is 22.7 Å². The van der Waals surface area contributed by atoms with E-state index < -0.39 is 6.04 Å². The third-order valence-corrected chi connectivity index (χ3v) is 3.52. The van der Waals surface area contributed by atoms with Gasteiger partial charge in [-0.25, -0.2) is 4.39 Å². The zero-order valence-electron chi connectivity index (χ0n) is 12.5. The van der Waals surface area contributed by atoms with E-state index in [9.17, 15) is 4.39 Å². The number of nitrogens with two attached hydrogens (primary N) is 1. The van der Waals surface area contributed by atoms with Gasteiger partial charge in [0.2, 0.25) is 0 Å². The molecule has 112 valence electrons. The van der Waals surface area contributed by atoms with Crippen LogP contribution in [0, 0.1) is 12.7 Å². The molecule has 0 saturated carbocycles. The molecule has 2 N–H and O–H groups in total. The van der Waals surface area contributed by atoms with E-state index in [1.165, 1.54) is 0 Å². The third kappa shape index (κ3) is 3.34. The standard InChI is InChI=1S/C17H20FNO2/c1-11-5-4-6-13(17(11)18)14(19)9-12-7-8-15(20-2)16(10-12)21-3/h4-8,10,14H,9,19H2,1-3H3. The van der Waals surface area contributed by atoms with Gasteiger partial charge in [0.05, 0.1) is 14.2 Å². The zero-order valence-corrected chi connectivity index (χ0v) is 12.5. The van der Waals surface area contributed by atoms with E-state index in [1.54, 1.807) is 33.3 Å². The van der Waals surface area contributed by atoms with Gasteiger partial charge in [0.25, 0.3) is 0 Å². The molecule has 0 radical (unpaired) electrons. The average Bonchev–Trinajstić information content (AvgIpc) is 2.49. The summed E-state index contributed by atoms with van der Waals surface area (Å²) in [5, 5.41) is 0. The van der Waals surface area contributed by atoms with Gasteiger partial charge < -0.3 is 15.2 Å². The molecule has 0 heterocycles. The van der Waals surface area contributed by atoms with E-state index in [2.05, 4.69) is 0 Å². The van der Waals surface area contributed by atoms with Crippen molar-refractivity contribution >= 4 is 0 Å². The number of methoxy groups -OCH3 is 2. The molecule has 2 rings (SSSR count). The topological polar surface area (TPSA) is 44.5 Å². The summed E-state index contributed by atoms with van der Waals surface area (Å²) in [5.41, 5.74) is 8.26. The van der Waals surface area contributed by atoms with E-state index in [1.807, 2.05) is 24.3 Å². The second-order valence-corrected chi connectivity index (χ2v) is 4.98. The zero-order chi connectivity index (χ0) is 15.4. The Bertz CT molecular complexity index is 628. The lowest BCUT2D eigenvalue weighted by Gasteiger charge is -2.15. The van der Waals surface area contributed by atoms with Gasteiger partial charge in [-0.15, -0.1) is 0 Å². The fraction of sp³-hybridized carbons (Fsp3) is 0.294. The van der Waals surface area contributed by atoms with Gasteiger partial charge in [-0.2, -0.15) is 0 Å². The summed E-state index contributed by atoms with van der Waals surface area (Å²) in [4.78, 5) is 0. The molecule has 0 bridgehead atoms. The summed E-state index contributed by atoms with van der Waals surface area (Å²) in [6.07, 6.45) is 0.528. The van der Waals surface area contributed by atoms with Crippen molar-refractivity contribution in [2.24, 2.45) is 5.73 Å². The van der Waals surface area contributed by atoms with Gasteiger partial charge >= 0.3 is 0 Å². The van der Waals surface area contributed by atoms with E-state index in [0.717, 1.165) is 5.56 Å². The summed E-state index contributed by atoms with van der Waals surface area (Å²) < 4.78 is 24.6. The number of hydrogen-bond donors (Lipinski definition) is 1. The smallest absolute Gasteiger partial charge is 0.160 e. The first kappa shape index (κ1) is 15.3. The van der Waals surface area contributed by atoms with Gasteiger partial charge in [-0.3, -0.25) is 0 Å². The number of ether oxygens (including phenoxy) is 2. The van der Waals surface area contributed by atoms with Gasteiger partial charge in [0.15, 0.2) is 11.5 Å². The lowest BCUT2D eigenvalue weighted by Crippen LogP contribution is -2.15. The van der Waals surface area contributed by atoms with Crippen LogP contribution >= 0.6 is 0 Å². The van der Waals surface area contributed by atoms with Crippen molar-refractivity contribution in [3.63, 3.8) is 0 Å². The molecule has 0 spiro atoms. The molecule has 1 unspecified atom stereocenters. The predicted molar refractivity (Wildman–Crippen MR) is 81.3 cm³/mol. The van der Waals surface area contributed by atoms with Crippen molar-refractivity contribution in [3.05, 3.63) is 58.9 Å². The predicted octanol–water partition coefficient (Wildman–Crippen LogP) is 3.39. The van der Waals surface area contributed by atoms with Crippen LogP contribution in [0.2, 0.25) is 0 Å². The Hall–Kier alpha value is -2.07. The first-order valence-electron chi connectivity index (χ1n) is 6.78. The maximum absolute atomic E-state index is 14.1. The Morgan fingerprint density at radius 2 is 1.81 bits per heavy atom. The molecule has 3 nitrogen and oxygen atoms in total. The van der Waals surface area contributed by atoms with E-state index in [4.69, 9.17) is 15.2 Å². The van der Waals surface area contributed by atoms with Crippen molar-refractivity contribution in [1.82, 2.24) is 0 Å².